The van der Waals surface area contributed by atoms with Crippen molar-refractivity contribution >= 4 is 21.6 Å². The van der Waals surface area contributed by atoms with E-state index in [4.69, 9.17) is 4.98 Å². The molecule has 2 heterocycles. The van der Waals surface area contributed by atoms with Crippen molar-refractivity contribution in [1.82, 2.24) is 14.5 Å². The van der Waals surface area contributed by atoms with Crippen LogP contribution in [0, 0.1) is 12.8 Å². The van der Waals surface area contributed by atoms with Crippen LogP contribution in [0.3, 0.4) is 0 Å². The van der Waals surface area contributed by atoms with Gasteiger partial charge >= 0.3 is 0 Å². The van der Waals surface area contributed by atoms with E-state index in [9.17, 15) is 4.79 Å². The number of rotatable bonds is 4. The Hall–Kier alpha value is -1.98. The Morgan fingerprint density at radius 1 is 1.30 bits per heavy atom. The number of nitrogens with zero attached hydrogens (tertiary/aromatic N) is 3. The average molecular weight is 382 g/mol. The van der Waals surface area contributed by atoms with E-state index in [-0.39, 0.29) is 5.56 Å². The maximum atomic E-state index is 13.6. The fourth-order valence-corrected chi connectivity index (χ4v) is 5.38. The van der Waals surface area contributed by atoms with E-state index in [0.29, 0.717) is 19.0 Å². The SMILES string of the molecule is Cc1ccccc1Cn1c(CN(C)C)nc2sc3c(c2c1=O)CCC(C)C3. The van der Waals surface area contributed by atoms with Crippen molar-refractivity contribution in [3.05, 3.63) is 62.0 Å². The summed E-state index contributed by atoms with van der Waals surface area (Å²) in [5, 5.41) is 0.873. The molecule has 1 aliphatic rings. The van der Waals surface area contributed by atoms with Crippen molar-refractivity contribution in [3.8, 4) is 0 Å². The molecule has 0 spiro atoms. The zero-order valence-electron chi connectivity index (χ0n) is 16.6. The van der Waals surface area contributed by atoms with Crippen LogP contribution in [0.15, 0.2) is 29.1 Å². The van der Waals surface area contributed by atoms with Gasteiger partial charge in [-0.25, -0.2) is 4.98 Å². The van der Waals surface area contributed by atoms with Crippen LogP contribution in [0.1, 0.15) is 40.7 Å². The second-order valence-electron chi connectivity index (χ2n) is 8.12. The molecule has 0 bridgehead atoms. The summed E-state index contributed by atoms with van der Waals surface area (Å²) >= 11 is 1.73. The monoisotopic (exact) mass is 381 g/mol. The lowest BCUT2D eigenvalue weighted by molar-refractivity contribution is 0.379. The second-order valence-corrected chi connectivity index (χ2v) is 9.20. The topological polar surface area (TPSA) is 38.1 Å². The summed E-state index contributed by atoms with van der Waals surface area (Å²) < 4.78 is 1.90. The van der Waals surface area contributed by atoms with Crippen LogP contribution in [0.4, 0.5) is 0 Å². The molecule has 0 aliphatic heterocycles. The maximum Gasteiger partial charge on any atom is 0.262 e. The first kappa shape index (κ1) is 18.4. The number of benzene rings is 1. The minimum atomic E-state index is 0.132. The number of hydrogen-bond donors (Lipinski definition) is 0. The predicted molar refractivity (Wildman–Crippen MR) is 113 cm³/mol. The van der Waals surface area contributed by atoms with Gasteiger partial charge in [-0.2, -0.15) is 0 Å². The van der Waals surface area contributed by atoms with Crippen LogP contribution in [-0.2, 0) is 25.9 Å². The zero-order valence-corrected chi connectivity index (χ0v) is 17.4. The summed E-state index contributed by atoms with van der Waals surface area (Å²) in [4.78, 5) is 22.9. The molecular weight excluding hydrogens is 354 g/mol. The van der Waals surface area contributed by atoms with Gasteiger partial charge in [-0.15, -0.1) is 11.3 Å². The molecule has 0 fully saturated rings. The molecule has 1 unspecified atom stereocenters. The van der Waals surface area contributed by atoms with Gasteiger partial charge in [-0.3, -0.25) is 9.36 Å². The minimum absolute atomic E-state index is 0.132. The molecule has 0 N–H and O–H groups in total. The number of hydrogen-bond acceptors (Lipinski definition) is 4. The van der Waals surface area contributed by atoms with E-state index in [1.807, 2.05) is 30.8 Å². The smallest absolute Gasteiger partial charge is 0.262 e. The van der Waals surface area contributed by atoms with Gasteiger partial charge < -0.3 is 4.90 Å². The van der Waals surface area contributed by atoms with Gasteiger partial charge in [0.15, 0.2) is 0 Å². The number of aromatic nitrogens is 2. The molecule has 142 valence electrons. The van der Waals surface area contributed by atoms with Crippen molar-refractivity contribution in [3.63, 3.8) is 0 Å². The van der Waals surface area contributed by atoms with E-state index in [1.165, 1.54) is 21.6 Å². The Labute approximate surface area is 164 Å². The molecule has 0 amide bonds. The molecule has 3 aromatic rings. The summed E-state index contributed by atoms with van der Waals surface area (Å²) in [6, 6.07) is 8.29. The number of fused-ring (bicyclic) bond motifs is 3. The van der Waals surface area contributed by atoms with E-state index in [0.717, 1.165) is 35.3 Å². The first-order valence-electron chi connectivity index (χ1n) is 9.67. The molecule has 4 nitrogen and oxygen atoms in total. The van der Waals surface area contributed by atoms with Gasteiger partial charge in [0, 0.05) is 4.88 Å². The van der Waals surface area contributed by atoms with Crippen LogP contribution in [0.5, 0.6) is 0 Å². The lowest BCUT2D eigenvalue weighted by Gasteiger charge is -2.18. The van der Waals surface area contributed by atoms with Crippen LogP contribution < -0.4 is 5.56 Å². The quantitative estimate of drug-likeness (QED) is 0.686. The van der Waals surface area contributed by atoms with Crippen LogP contribution in [0.2, 0.25) is 0 Å². The Bertz CT molecular complexity index is 1050. The van der Waals surface area contributed by atoms with Gasteiger partial charge in [0.05, 0.1) is 18.5 Å². The van der Waals surface area contributed by atoms with E-state index in [1.54, 1.807) is 11.3 Å². The van der Waals surface area contributed by atoms with Crippen LogP contribution in [0.25, 0.3) is 10.2 Å². The first-order valence-corrected chi connectivity index (χ1v) is 10.5. The lowest BCUT2D eigenvalue weighted by atomic mass is 9.89. The van der Waals surface area contributed by atoms with Crippen molar-refractivity contribution < 1.29 is 0 Å². The molecule has 1 aliphatic carbocycles. The summed E-state index contributed by atoms with van der Waals surface area (Å²) in [5.74, 6) is 1.55. The summed E-state index contributed by atoms with van der Waals surface area (Å²) in [6.45, 7) is 5.65. The van der Waals surface area contributed by atoms with Crippen molar-refractivity contribution in [2.24, 2.45) is 5.92 Å². The van der Waals surface area contributed by atoms with E-state index < -0.39 is 0 Å². The Kier molecular flexibility index (Phi) is 4.91. The van der Waals surface area contributed by atoms with Crippen LogP contribution >= 0.6 is 11.3 Å². The second kappa shape index (κ2) is 7.21. The molecule has 27 heavy (non-hydrogen) atoms. The first-order chi connectivity index (χ1) is 12.9. The predicted octanol–water partition coefficient (Wildman–Crippen LogP) is 4.00. The third kappa shape index (κ3) is 3.46. The molecule has 2 aromatic heterocycles. The van der Waals surface area contributed by atoms with Crippen molar-refractivity contribution in [2.75, 3.05) is 14.1 Å². The van der Waals surface area contributed by atoms with Gasteiger partial charge in [-0.1, -0.05) is 31.2 Å². The van der Waals surface area contributed by atoms with Gasteiger partial charge in [0.1, 0.15) is 10.7 Å². The third-order valence-electron chi connectivity index (χ3n) is 5.54. The summed E-state index contributed by atoms with van der Waals surface area (Å²) in [6.07, 6.45) is 3.25. The average Bonchev–Trinajstić information content (AvgIpc) is 2.96. The Morgan fingerprint density at radius 2 is 2.07 bits per heavy atom. The highest BCUT2D eigenvalue weighted by atomic mass is 32.1. The van der Waals surface area contributed by atoms with Gasteiger partial charge in [0.25, 0.3) is 5.56 Å². The maximum absolute atomic E-state index is 13.6. The third-order valence-corrected chi connectivity index (χ3v) is 6.69. The number of thiophene rings is 1. The lowest BCUT2D eigenvalue weighted by Crippen LogP contribution is -2.29. The fraction of sp³-hybridized carbons (Fsp3) is 0.455. The molecular formula is C22H27N3OS. The van der Waals surface area contributed by atoms with Gasteiger partial charge in [-0.05, 0) is 62.9 Å². The highest BCUT2D eigenvalue weighted by Gasteiger charge is 2.24. The normalized spacial score (nSPS) is 16.9. The molecule has 0 radical (unpaired) electrons. The van der Waals surface area contributed by atoms with Crippen LogP contribution in [-0.4, -0.2) is 28.5 Å². The fourth-order valence-electron chi connectivity index (χ4n) is 3.99. The largest absolute Gasteiger partial charge is 0.302 e. The molecule has 1 aromatic carbocycles. The van der Waals surface area contributed by atoms with Crippen molar-refractivity contribution in [1.29, 1.82) is 0 Å². The molecule has 0 saturated carbocycles. The number of aryl methyl sites for hydroxylation is 2. The molecule has 0 saturated heterocycles. The summed E-state index contributed by atoms with van der Waals surface area (Å²) in [5.41, 5.74) is 3.78. The molecule has 5 heteroatoms. The minimum Gasteiger partial charge on any atom is -0.302 e. The standard InChI is InChI=1S/C22H27N3OS/c1-14-9-10-17-18(11-14)27-21-20(17)22(26)25(19(23-21)13-24(3)4)12-16-8-6-5-7-15(16)2/h5-8,14H,9-13H2,1-4H3. The summed E-state index contributed by atoms with van der Waals surface area (Å²) in [7, 11) is 4.05. The van der Waals surface area contributed by atoms with E-state index >= 15 is 0 Å². The molecule has 1 atom stereocenters. The van der Waals surface area contributed by atoms with Crippen molar-refractivity contribution in [2.45, 2.75) is 46.2 Å². The van der Waals surface area contributed by atoms with E-state index in [2.05, 4.69) is 30.9 Å². The highest BCUT2D eigenvalue weighted by molar-refractivity contribution is 7.18. The molecule has 4 rings (SSSR count). The van der Waals surface area contributed by atoms with Gasteiger partial charge in [0.2, 0.25) is 0 Å². The Balaban J connectivity index is 1.91. The Morgan fingerprint density at radius 3 is 2.81 bits per heavy atom. The zero-order chi connectivity index (χ0) is 19.1. The highest BCUT2D eigenvalue weighted by Crippen LogP contribution is 2.36.